The molecule has 1 amide bonds. The van der Waals surface area contributed by atoms with E-state index in [1.807, 2.05) is 17.0 Å². The quantitative estimate of drug-likeness (QED) is 0.714. The molecule has 0 atom stereocenters. The van der Waals surface area contributed by atoms with Crippen molar-refractivity contribution in [3.63, 3.8) is 0 Å². The molecule has 0 bridgehead atoms. The number of hydrogen-bond donors (Lipinski definition) is 0. The molecule has 0 radical (unpaired) electrons. The Hall–Kier alpha value is -1.77. The van der Waals surface area contributed by atoms with Gasteiger partial charge in [0.1, 0.15) is 0 Å². The van der Waals surface area contributed by atoms with E-state index < -0.39 is 9.84 Å². The molecule has 1 aliphatic rings. The average molecular weight is 452 g/mol. The Bertz CT molecular complexity index is 916. The van der Waals surface area contributed by atoms with Crippen LogP contribution < -0.4 is 0 Å². The van der Waals surface area contributed by atoms with Gasteiger partial charge in [-0.1, -0.05) is 12.1 Å². The van der Waals surface area contributed by atoms with Crippen LogP contribution in [-0.4, -0.2) is 61.5 Å². The fourth-order valence-corrected chi connectivity index (χ4v) is 4.14. The minimum absolute atomic E-state index is 0.00292. The summed E-state index contributed by atoms with van der Waals surface area (Å²) in [5.41, 5.74) is 1.66. The van der Waals surface area contributed by atoms with Crippen LogP contribution in [0.4, 0.5) is 0 Å². The molecule has 27 heavy (non-hydrogen) atoms. The van der Waals surface area contributed by atoms with Crippen molar-refractivity contribution in [3.05, 3.63) is 58.3 Å². The van der Waals surface area contributed by atoms with Gasteiger partial charge in [0.15, 0.2) is 9.84 Å². The largest absolute Gasteiger partial charge is 0.337 e. The third kappa shape index (κ3) is 5.37. The highest BCUT2D eigenvalue weighted by atomic mass is 79.9. The second-order valence-electron chi connectivity index (χ2n) is 6.73. The SMILES string of the molecule is CS(=O)(=O)c1ccc(CN2CCCN(C(=O)c3cncc(Br)c3)CC2)cc1. The molecule has 1 fully saturated rings. The van der Waals surface area contributed by atoms with Gasteiger partial charge in [-0.2, -0.15) is 0 Å². The molecule has 0 aliphatic carbocycles. The monoisotopic (exact) mass is 451 g/mol. The Labute approximate surface area is 168 Å². The lowest BCUT2D eigenvalue weighted by Crippen LogP contribution is -2.35. The summed E-state index contributed by atoms with van der Waals surface area (Å²) in [6, 6.07) is 8.81. The third-order valence-electron chi connectivity index (χ3n) is 4.59. The third-order valence-corrected chi connectivity index (χ3v) is 6.15. The molecule has 2 heterocycles. The predicted octanol–water partition coefficient (Wildman–Crippen LogP) is 2.60. The van der Waals surface area contributed by atoms with Crippen molar-refractivity contribution in [2.75, 3.05) is 32.4 Å². The summed E-state index contributed by atoms with van der Waals surface area (Å²) in [6.45, 7) is 3.79. The summed E-state index contributed by atoms with van der Waals surface area (Å²) in [4.78, 5) is 21.3. The van der Waals surface area contributed by atoms with Gasteiger partial charge in [-0.3, -0.25) is 14.7 Å². The second kappa shape index (κ2) is 8.50. The fourth-order valence-electron chi connectivity index (χ4n) is 3.14. The molecule has 3 rings (SSSR count). The number of halogens is 1. The minimum atomic E-state index is -3.17. The zero-order valence-corrected chi connectivity index (χ0v) is 17.5. The lowest BCUT2D eigenvalue weighted by molar-refractivity contribution is 0.0760. The van der Waals surface area contributed by atoms with E-state index in [0.717, 1.165) is 42.6 Å². The van der Waals surface area contributed by atoms with E-state index >= 15 is 0 Å². The van der Waals surface area contributed by atoms with E-state index in [1.165, 1.54) is 6.26 Å². The molecule has 0 unspecified atom stereocenters. The van der Waals surface area contributed by atoms with Gasteiger partial charge in [0.25, 0.3) is 5.91 Å². The summed E-state index contributed by atoms with van der Waals surface area (Å²) < 4.78 is 23.9. The van der Waals surface area contributed by atoms with Crippen LogP contribution >= 0.6 is 15.9 Å². The fraction of sp³-hybridized carbons (Fsp3) is 0.368. The van der Waals surface area contributed by atoms with Gasteiger partial charge in [-0.15, -0.1) is 0 Å². The first-order valence-corrected chi connectivity index (χ1v) is 11.4. The van der Waals surface area contributed by atoms with Crippen LogP contribution in [0.5, 0.6) is 0 Å². The van der Waals surface area contributed by atoms with Crippen molar-refractivity contribution in [1.29, 1.82) is 0 Å². The van der Waals surface area contributed by atoms with Crippen molar-refractivity contribution in [2.24, 2.45) is 0 Å². The van der Waals surface area contributed by atoms with Gasteiger partial charge in [-0.25, -0.2) is 8.42 Å². The van der Waals surface area contributed by atoms with Gasteiger partial charge in [0.05, 0.1) is 10.5 Å². The molecule has 1 saturated heterocycles. The number of carbonyl (C=O) groups is 1. The van der Waals surface area contributed by atoms with Crippen LogP contribution in [0.1, 0.15) is 22.3 Å². The number of nitrogens with zero attached hydrogens (tertiary/aromatic N) is 3. The van der Waals surface area contributed by atoms with Crippen molar-refractivity contribution < 1.29 is 13.2 Å². The summed E-state index contributed by atoms with van der Waals surface area (Å²) in [6.07, 6.45) is 5.37. The zero-order valence-electron chi connectivity index (χ0n) is 15.1. The highest BCUT2D eigenvalue weighted by Crippen LogP contribution is 2.16. The second-order valence-corrected chi connectivity index (χ2v) is 9.66. The normalized spacial score (nSPS) is 16.1. The van der Waals surface area contributed by atoms with Crippen LogP contribution in [-0.2, 0) is 16.4 Å². The summed E-state index contributed by atoms with van der Waals surface area (Å²) in [5, 5.41) is 0. The number of pyridine rings is 1. The molecule has 0 N–H and O–H groups in total. The van der Waals surface area contributed by atoms with Crippen LogP contribution in [0, 0.1) is 0 Å². The van der Waals surface area contributed by atoms with E-state index in [0.29, 0.717) is 17.0 Å². The number of rotatable bonds is 4. The lowest BCUT2D eigenvalue weighted by Gasteiger charge is -2.22. The van der Waals surface area contributed by atoms with E-state index in [1.54, 1.807) is 30.6 Å². The Morgan fingerprint density at radius 1 is 1.11 bits per heavy atom. The standard InChI is InChI=1S/C19H22BrN3O3S/c1-27(25,26)18-5-3-15(4-6-18)14-22-7-2-8-23(10-9-22)19(24)16-11-17(20)13-21-12-16/h3-6,11-13H,2,7-10,14H2,1H3. The number of sulfone groups is 1. The highest BCUT2D eigenvalue weighted by molar-refractivity contribution is 9.10. The zero-order chi connectivity index (χ0) is 19.4. The number of carbonyl (C=O) groups excluding carboxylic acids is 1. The molecule has 1 aromatic heterocycles. The van der Waals surface area contributed by atoms with Crippen molar-refractivity contribution in [2.45, 2.75) is 17.9 Å². The number of benzene rings is 1. The smallest absolute Gasteiger partial charge is 0.255 e. The average Bonchev–Trinajstić information content (AvgIpc) is 2.86. The maximum Gasteiger partial charge on any atom is 0.255 e. The summed E-state index contributed by atoms with van der Waals surface area (Å²) in [5.74, 6) is 0.00292. The topological polar surface area (TPSA) is 70.6 Å². The molecule has 2 aromatic rings. The van der Waals surface area contributed by atoms with Gasteiger partial charge in [-0.05, 0) is 46.1 Å². The van der Waals surface area contributed by atoms with Crippen molar-refractivity contribution >= 4 is 31.7 Å². The maximum atomic E-state index is 12.7. The Balaban J connectivity index is 1.60. The number of aromatic nitrogens is 1. The maximum absolute atomic E-state index is 12.7. The van der Waals surface area contributed by atoms with E-state index in [4.69, 9.17) is 0 Å². The molecule has 0 spiro atoms. The van der Waals surface area contributed by atoms with E-state index in [2.05, 4.69) is 25.8 Å². The predicted molar refractivity (Wildman–Crippen MR) is 107 cm³/mol. The molecule has 6 nitrogen and oxygen atoms in total. The Morgan fingerprint density at radius 2 is 1.85 bits per heavy atom. The first-order valence-electron chi connectivity index (χ1n) is 8.74. The molecule has 8 heteroatoms. The summed E-state index contributed by atoms with van der Waals surface area (Å²) >= 11 is 3.35. The lowest BCUT2D eigenvalue weighted by atomic mass is 10.2. The van der Waals surface area contributed by atoms with Crippen LogP contribution in [0.25, 0.3) is 0 Å². The van der Waals surface area contributed by atoms with E-state index in [-0.39, 0.29) is 5.91 Å². The van der Waals surface area contributed by atoms with Gasteiger partial charge >= 0.3 is 0 Å². The minimum Gasteiger partial charge on any atom is -0.337 e. The molecular formula is C19H22BrN3O3S. The highest BCUT2D eigenvalue weighted by Gasteiger charge is 2.21. The first-order chi connectivity index (χ1) is 12.8. The Kier molecular flexibility index (Phi) is 6.29. The number of amides is 1. The molecular weight excluding hydrogens is 430 g/mol. The van der Waals surface area contributed by atoms with Gasteiger partial charge in [0.2, 0.25) is 0 Å². The molecule has 1 aliphatic heterocycles. The van der Waals surface area contributed by atoms with Crippen LogP contribution in [0.2, 0.25) is 0 Å². The van der Waals surface area contributed by atoms with Crippen molar-refractivity contribution in [1.82, 2.24) is 14.8 Å². The van der Waals surface area contributed by atoms with Gasteiger partial charge in [0, 0.05) is 55.8 Å². The van der Waals surface area contributed by atoms with Crippen LogP contribution in [0.3, 0.4) is 0 Å². The Morgan fingerprint density at radius 3 is 2.52 bits per heavy atom. The van der Waals surface area contributed by atoms with Gasteiger partial charge < -0.3 is 4.90 Å². The van der Waals surface area contributed by atoms with Crippen LogP contribution in [0.15, 0.2) is 52.1 Å². The number of hydrogen-bond acceptors (Lipinski definition) is 5. The first kappa shape index (κ1) is 20.0. The molecule has 1 aromatic carbocycles. The van der Waals surface area contributed by atoms with Crippen molar-refractivity contribution in [3.8, 4) is 0 Å². The molecule has 0 saturated carbocycles. The van der Waals surface area contributed by atoms with E-state index in [9.17, 15) is 13.2 Å². The summed E-state index contributed by atoms with van der Waals surface area (Å²) in [7, 11) is -3.17. The molecule has 144 valence electrons.